The van der Waals surface area contributed by atoms with E-state index in [4.69, 9.17) is 9.26 Å². The summed E-state index contributed by atoms with van der Waals surface area (Å²) in [6.45, 7) is 10.7. The number of nitrogens with one attached hydrogen (secondary N) is 1. The fourth-order valence-corrected chi connectivity index (χ4v) is 5.42. The van der Waals surface area contributed by atoms with Crippen molar-refractivity contribution in [2.45, 2.75) is 78.0 Å². The van der Waals surface area contributed by atoms with Crippen LogP contribution in [0, 0.1) is 5.41 Å². The van der Waals surface area contributed by atoms with Crippen LogP contribution in [-0.2, 0) is 10.4 Å². The zero-order chi connectivity index (χ0) is 26.4. The molecule has 4 aliphatic rings. The number of aromatic nitrogens is 2. The van der Waals surface area contributed by atoms with Crippen molar-refractivity contribution in [2.75, 3.05) is 25.0 Å². The van der Waals surface area contributed by atoms with Gasteiger partial charge in [0.2, 0.25) is 0 Å². The molecule has 1 aromatic carbocycles. The predicted octanol–water partition coefficient (Wildman–Crippen LogP) is 6.74. The van der Waals surface area contributed by atoms with Crippen LogP contribution in [0.1, 0.15) is 84.0 Å². The van der Waals surface area contributed by atoms with Crippen molar-refractivity contribution in [1.29, 1.82) is 0 Å². The third kappa shape index (κ3) is 5.58. The van der Waals surface area contributed by atoms with Crippen LogP contribution < -0.4 is 5.32 Å². The molecule has 1 amide bonds. The largest absolute Gasteiger partial charge is 0.444 e. The average molecular weight is 509 g/mol. The van der Waals surface area contributed by atoms with E-state index in [2.05, 4.69) is 45.8 Å². The van der Waals surface area contributed by atoms with Gasteiger partial charge in [0.1, 0.15) is 5.60 Å². The Balaban J connectivity index is 1.18. The number of nitrogens with zero attached hydrogens (tertiary/aromatic N) is 3. The topological polar surface area (TPSA) is 80.5 Å². The molecule has 1 fully saturated rings. The first-order valence-electron chi connectivity index (χ1n) is 13.2. The molecule has 1 saturated carbocycles. The maximum Gasteiger partial charge on any atom is 0.410 e. The summed E-state index contributed by atoms with van der Waals surface area (Å²) in [6, 6.07) is 8.53. The predicted molar refractivity (Wildman–Crippen MR) is 142 cm³/mol. The van der Waals surface area contributed by atoms with Gasteiger partial charge in [-0.1, -0.05) is 28.9 Å². The first-order chi connectivity index (χ1) is 17.4. The highest BCUT2D eigenvalue weighted by atomic mass is 19.1. The molecule has 7 nitrogen and oxygen atoms in total. The fourth-order valence-electron chi connectivity index (χ4n) is 5.42. The molecule has 2 aromatic rings. The number of ether oxygens (including phenoxy) is 1. The van der Waals surface area contributed by atoms with E-state index in [1.165, 1.54) is 30.6 Å². The van der Waals surface area contributed by atoms with E-state index in [1.807, 2.05) is 20.8 Å². The van der Waals surface area contributed by atoms with Gasteiger partial charge in [-0.3, -0.25) is 0 Å². The Bertz CT molecular complexity index is 1240. The van der Waals surface area contributed by atoms with E-state index in [0.717, 1.165) is 49.9 Å². The van der Waals surface area contributed by atoms with Gasteiger partial charge < -0.3 is 19.5 Å². The van der Waals surface area contributed by atoms with Crippen LogP contribution in [0.3, 0.4) is 0 Å². The summed E-state index contributed by atoms with van der Waals surface area (Å²) in [5, 5.41) is 7.72. The standard InChI is InChI=1S/C29H37FN4O3/c1-27(2,3)36-26(35)34-13-10-19(11-14-34)20-7-6-8-22(15-20)31-18-29-12-9-23(21(16-29)17-29)24-32-25(37-33-24)28(4,5)30/h6-8,10,15,31H,9,11-14,16-18H2,1-5H3. The van der Waals surface area contributed by atoms with E-state index in [0.29, 0.717) is 18.9 Å². The molecule has 0 radical (unpaired) electrons. The van der Waals surface area contributed by atoms with E-state index < -0.39 is 11.3 Å². The van der Waals surface area contributed by atoms with Crippen LogP contribution in [0.25, 0.3) is 11.1 Å². The second-order valence-corrected chi connectivity index (χ2v) is 12.2. The van der Waals surface area contributed by atoms with E-state index in [-0.39, 0.29) is 17.4 Å². The number of carbonyl (C=O) groups excluding carboxylic acids is 1. The maximum absolute atomic E-state index is 14.1. The third-order valence-corrected chi connectivity index (χ3v) is 7.48. The molecule has 1 aliphatic heterocycles. The van der Waals surface area contributed by atoms with E-state index in [1.54, 1.807) is 4.90 Å². The SMILES string of the molecule is CC(C)(C)OC(=O)N1CC=C(c2cccc(NCC34CCC(c5noc(C(C)(C)F)n5)=C(C3)C4)c2)CC1. The summed E-state index contributed by atoms with van der Waals surface area (Å²) in [7, 11) is 0. The summed E-state index contributed by atoms with van der Waals surface area (Å²) in [5.74, 6) is 0.592. The Morgan fingerprint density at radius 3 is 2.59 bits per heavy atom. The van der Waals surface area contributed by atoms with Crippen molar-refractivity contribution in [3.63, 3.8) is 0 Å². The van der Waals surface area contributed by atoms with Crippen molar-refractivity contribution >= 4 is 22.9 Å². The molecular weight excluding hydrogens is 471 g/mol. The average Bonchev–Trinajstić information content (AvgIpc) is 3.33. The molecular formula is C29H37FN4O3. The van der Waals surface area contributed by atoms with Crippen molar-refractivity contribution in [1.82, 2.24) is 15.0 Å². The summed E-state index contributed by atoms with van der Waals surface area (Å²) in [6.07, 6.45) is 6.66. The van der Waals surface area contributed by atoms with Crippen molar-refractivity contribution in [3.8, 4) is 0 Å². The van der Waals surface area contributed by atoms with Crippen LogP contribution in [0.15, 0.2) is 40.4 Å². The number of alkyl halides is 1. The smallest absolute Gasteiger partial charge is 0.410 e. The molecule has 37 heavy (non-hydrogen) atoms. The van der Waals surface area contributed by atoms with Crippen molar-refractivity contribution < 1.29 is 18.4 Å². The van der Waals surface area contributed by atoms with Gasteiger partial charge in [0.25, 0.3) is 5.89 Å². The van der Waals surface area contributed by atoms with Gasteiger partial charge in [0, 0.05) is 25.3 Å². The van der Waals surface area contributed by atoms with Gasteiger partial charge in [0.15, 0.2) is 11.5 Å². The summed E-state index contributed by atoms with van der Waals surface area (Å²) >= 11 is 0. The number of hydrogen-bond donors (Lipinski definition) is 1. The number of amides is 1. The lowest BCUT2D eigenvalue weighted by molar-refractivity contribution is 0.0270. The van der Waals surface area contributed by atoms with Crippen molar-refractivity contribution in [3.05, 3.63) is 53.2 Å². The van der Waals surface area contributed by atoms with Gasteiger partial charge in [-0.2, -0.15) is 4.98 Å². The molecule has 3 aliphatic carbocycles. The quantitative estimate of drug-likeness (QED) is 0.466. The van der Waals surface area contributed by atoms with Crippen LogP contribution in [0.5, 0.6) is 0 Å². The number of carbonyl (C=O) groups is 1. The minimum absolute atomic E-state index is 0.0407. The first kappa shape index (κ1) is 25.5. The molecule has 0 saturated heterocycles. The molecule has 8 heteroatoms. The Kier molecular flexibility index (Phi) is 6.40. The Morgan fingerprint density at radius 2 is 2.00 bits per heavy atom. The van der Waals surface area contributed by atoms with E-state index >= 15 is 0 Å². The third-order valence-electron chi connectivity index (χ3n) is 7.48. The summed E-state index contributed by atoms with van der Waals surface area (Å²) < 4.78 is 24.8. The summed E-state index contributed by atoms with van der Waals surface area (Å²) in [5.41, 5.74) is 4.19. The number of allylic oxidation sites excluding steroid dienone is 2. The van der Waals surface area contributed by atoms with Gasteiger partial charge in [-0.05, 0) is 101 Å². The van der Waals surface area contributed by atoms with Crippen LogP contribution in [-0.4, -0.2) is 46.4 Å². The lowest BCUT2D eigenvalue weighted by Gasteiger charge is -2.49. The van der Waals surface area contributed by atoms with Crippen molar-refractivity contribution in [2.24, 2.45) is 5.41 Å². The van der Waals surface area contributed by atoms with Crippen LogP contribution in [0.2, 0.25) is 0 Å². The van der Waals surface area contributed by atoms with Crippen LogP contribution >= 0.6 is 0 Å². The normalized spacial score (nSPS) is 19.3. The Hall–Kier alpha value is -3.16. The second kappa shape index (κ2) is 9.30. The Morgan fingerprint density at radius 1 is 1.22 bits per heavy atom. The highest BCUT2D eigenvalue weighted by molar-refractivity contribution is 5.74. The molecule has 1 N–H and O–H groups in total. The highest BCUT2D eigenvalue weighted by Crippen LogP contribution is 2.57. The number of halogens is 1. The minimum atomic E-state index is -1.63. The molecule has 0 atom stereocenters. The zero-order valence-corrected chi connectivity index (χ0v) is 22.5. The minimum Gasteiger partial charge on any atom is -0.444 e. The number of fused-ring (bicyclic) bond motifs is 2. The van der Waals surface area contributed by atoms with Gasteiger partial charge in [0.05, 0.1) is 0 Å². The summed E-state index contributed by atoms with van der Waals surface area (Å²) in [4.78, 5) is 18.4. The molecule has 198 valence electrons. The first-order valence-corrected chi connectivity index (χ1v) is 13.2. The molecule has 0 unspecified atom stereocenters. The lowest BCUT2D eigenvalue weighted by atomic mass is 9.57. The van der Waals surface area contributed by atoms with Gasteiger partial charge >= 0.3 is 6.09 Å². The van der Waals surface area contributed by atoms with E-state index in [9.17, 15) is 9.18 Å². The highest BCUT2D eigenvalue weighted by Gasteiger charge is 2.46. The molecule has 1 aromatic heterocycles. The maximum atomic E-state index is 14.1. The van der Waals surface area contributed by atoms with Gasteiger partial charge in [-0.25, -0.2) is 9.18 Å². The number of hydrogen-bond acceptors (Lipinski definition) is 6. The monoisotopic (exact) mass is 508 g/mol. The van der Waals surface area contributed by atoms with Crippen LogP contribution in [0.4, 0.5) is 14.9 Å². The molecule has 0 spiro atoms. The zero-order valence-electron chi connectivity index (χ0n) is 22.5. The number of benzene rings is 1. The second-order valence-electron chi connectivity index (χ2n) is 12.2. The number of anilines is 1. The molecule has 6 rings (SSSR count). The molecule has 2 heterocycles. The Labute approximate surface area is 218 Å². The van der Waals surface area contributed by atoms with Gasteiger partial charge in [-0.15, -0.1) is 0 Å². The number of rotatable bonds is 6. The molecule has 2 bridgehead atoms. The lowest BCUT2D eigenvalue weighted by Crippen LogP contribution is -2.41. The fraction of sp³-hybridized carbons (Fsp3) is 0.552.